The van der Waals surface area contributed by atoms with E-state index in [0.717, 1.165) is 17.4 Å². The Morgan fingerprint density at radius 1 is 1.21 bits per heavy atom. The summed E-state index contributed by atoms with van der Waals surface area (Å²) in [5, 5.41) is 21.4. The van der Waals surface area contributed by atoms with E-state index in [2.05, 4.69) is 30.8 Å². The first-order chi connectivity index (χ1) is 13.9. The fraction of sp³-hybridized carbons (Fsp3) is 0. The zero-order chi connectivity index (χ0) is 20.5. The molecule has 146 valence electrons. The molecule has 3 aromatic heterocycles. The molecule has 29 heavy (non-hydrogen) atoms. The number of nitrogens with one attached hydrogen (secondary N) is 3. The van der Waals surface area contributed by atoms with Crippen molar-refractivity contribution in [1.29, 1.82) is 0 Å². The number of carbonyl (C=O) groups excluding carboxylic acids is 1. The molecule has 0 radical (unpaired) electrons. The Morgan fingerprint density at radius 3 is 2.79 bits per heavy atom. The largest absolute Gasteiger partial charge is 0.478 e. The van der Waals surface area contributed by atoms with Gasteiger partial charge in [0.15, 0.2) is 10.8 Å². The summed E-state index contributed by atoms with van der Waals surface area (Å²) in [6.07, 6.45) is 2.85. The van der Waals surface area contributed by atoms with Crippen LogP contribution in [0, 0.1) is 5.82 Å². The molecule has 0 unspecified atom stereocenters. The molecular formula is C17H10ClFN6O3S. The number of carboxylic acid groups (broad SMARTS) is 1. The van der Waals surface area contributed by atoms with Gasteiger partial charge in [0, 0.05) is 11.9 Å². The molecule has 12 heteroatoms. The van der Waals surface area contributed by atoms with Crippen LogP contribution in [0.5, 0.6) is 0 Å². The highest BCUT2D eigenvalue weighted by Gasteiger charge is 2.16. The van der Waals surface area contributed by atoms with Gasteiger partial charge in [0.2, 0.25) is 0 Å². The van der Waals surface area contributed by atoms with E-state index in [4.69, 9.17) is 11.6 Å². The average Bonchev–Trinajstić information content (AvgIpc) is 3.32. The summed E-state index contributed by atoms with van der Waals surface area (Å²) in [6.45, 7) is 0. The van der Waals surface area contributed by atoms with Crippen LogP contribution in [0.3, 0.4) is 0 Å². The summed E-state index contributed by atoms with van der Waals surface area (Å²) in [5.74, 6) is -1.70. The highest BCUT2D eigenvalue weighted by Crippen LogP contribution is 2.30. The Hall–Kier alpha value is -3.57. The standard InChI is InChI=1S/C17H10ClFN6O3S/c18-10-3-7(1-2-11(10)19)22-16(28)24-17-20-6-13(29-17)12-4-8(15(26)27)9-5-21-25-14(9)23-12/h1-6H,(H,26,27)(H,21,23,25)(H2,20,22,24,28). The molecule has 0 bridgehead atoms. The van der Waals surface area contributed by atoms with Gasteiger partial charge < -0.3 is 10.4 Å². The molecular weight excluding hydrogens is 423 g/mol. The van der Waals surface area contributed by atoms with Crippen LogP contribution in [0.4, 0.5) is 20.0 Å². The molecule has 3 heterocycles. The number of rotatable bonds is 4. The van der Waals surface area contributed by atoms with E-state index in [9.17, 15) is 19.1 Å². The molecule has 1 aromatic carbocycles. The quantitative estimate of drug-likeness (QED) is 0.381. The number of aromatic amines is 1. The maximum absolute atomic E-state index is 13.2. The number of nitrogens with zero attached hydrogens (tertiary/aromatic N) is 3. The van der Waals surface area contributed by atoms with Crippen LogP contribution in [-0.2, 0) is 0 Å². The average molecular weight is 433 g/mol. The third kappa shape index (κ3) is 3.86. The van der Waals surface area contributed by atoms with Crippen molar-refractivity contribution in [3.05, 3.63) is 53.1 Å². The molecule has 9 nitrogen and oxygen atoms in total. The maximum Gasteiger partial charge on any atom is 0.336 e. The number of hydrogen-bond acceptors (Lipinski definition) is 6. The molecule has 4 aromatic rings. The van der Waals surface area contributed by atoms with Gasteiger partial charge in [-0.2, -0.15) is 5.10 Å². The predicted molar refractivity (Wildman–Crippen MR) is 106 cm³/mol. The van der Waals surface area contributed by atoms with Crippen LogP contribution in [-0.4, -0.2) is 37.3 Å². The van der Waals surface area contributed by atoms with Crippen LogP contribution in [0.25, 0.3) is 21.6 Å². The number of aromatic carboxylic acids is 1. The van der Waals surface area contributed by atoms with E-state index in [0.29, 0.717) is 27.3 Å². The minimum Gasteiger partial charge on any atom is -0.478 e. The number of pyridine rings is 1. The fourth-order valence-electron chi connectivity index (χ4n) is 2.52. The fourth-order valence-corrected chi connectivity index (χ4v) is 3.47. The molecule has 0 aliphatic rings. The molecule has 0 saturated heterocycles. The van der Waals surface area contributed by atoms with Crippen molar-refractivity contribution in [3.8, 4) is 10.6 Å². The van der Waals surface area contributed by atoms with E-state index in [-0.39, 0.29) is 15.7 Å². The summed E-state index contributed by atoms with van der Waals surface area (Å²) in [6, 6.07) is 4.59. The monoisotopic (exact) mass is 432 g/mol. The normalized spacial score (nSPS) is 10.8. The molecule has 0 saturated carbocycles. The van der Waals surface area contributed by atoms with Crippen molar-refractivity contribution in [3.63, 3.8) is 0 Å². The van der Waals surface area contributed by atoms with E-state index in [1.54, 1.807) is 0 Å². The van der Waals surface area contributed by atoms with Crippen LogP contribution in [0.1, 0.15) is 10.4 Å². The van der Waals surface area contributed by atoms with Gasteiger partial charge >= 0.3 is 12.0 Å². The Labute approximate surface area is 170 Å². The molecule has 0 spiro atoms. The van der Waals surface area contributed by atoms with E-state index >= 15 is 0 Å². The van der Waals surface area contributed by atoms with Gasteiger partial charge in [-0.05, 0) is 24.3 Å². The van der Waals surface area contributed by atoms with Gasteiger partial charge in [0.05, 0.1) is 32.7 Å². The van der Waals surface area contributed by atoms with E-state index in [1.807, 2.05) is 0 Å². The lowest BCUT2D eigenvalue weighted by atomic mass is 10.1. The molecule has 4 N–H and O–H groups in total. The number of fused-ring (bicyclic) bond motifs is 1. The van der Waals surface area contributed by atoms with Crippen molar-refractivity contribution in [2.24, 2.45) is 0 Å². The summed E-state index contributed by atoms with van der Waals surface area (Å²) < 4.78 is 13.2. The van der Waals surface area contributed by atoms with Crippen molar-refractivity contribution < 1.29 is 19.1 Å². The molecule has 4 rings (SSSR count). The molecule has 2 amide bonds. The smallest absolute Gasteiger partial charge is 0.336 e. The number of thiazole rings is 1. The number of carbonyl (C=O) groups is 2. The summed E-state index contributed by atoms with van der Waals surface area (Å²) in [4.78, 5) is 32.6. The van der Waals surface area contributed by atoms with Gasteiger partial charge in [0.25, 0.3) is 0 Å². The molecule has 0 fully saturated rings. The lowest BCUT2D eigenvalue weighted by molar-refractivity contribution is 0.0699. The lowest BCUT2D eigenvalue weighted by Crippen LogP contribution is -2.19. The van der Waals surface area contributed by atoms with Crippen LogP contribution >= 0.6 is 22.9 Å². The summed E-state index contributed by atoms with van der Waals surface area (Å²) in [7, 11) is 0. The van der Waals surface area contributed by atoms with Crippen LogP contribution < -0.4 is 10.6 Å². The predicted octanol–water partition coefficient (Wildman–Crippen LogP) is 4.22. The highest BCUT2D eigenvalue weighted by atomic mass is 35.5. The summed E-state index contributed by atoms with van der Waals surface area (Å²) in [5.41, 5.74) is 1.06. The topological polar surface area (TPSA) is 133 Å². The third-order valence-electron chi connectivity index (χ3n) is 3.81. The van der Waals surface area contributed by atoms with E-state index < -0.39 is 17.8 Å². The first-order valence-electron chi connectivity index (χ1n) is 7.97. The number of hydrogen-bond donors (Lipinski definition) is 4. The Balaban J connectivity index is 1.54. The minimum absolute atomic E-state index is 0.0487. The Kier molecular flexibility index (Phi) is 4.82. The number of aromatic nitrogens is 4. The van der Waals surface area contributed by atoms with Gasteiger partial charge in [-0.1, -0.05) is 22.9 Å². The van der Waals surface area contributed by atoms with Crippen molar-refractivity contribution in [2.75, 3.05) is 10.6 Å². The van der Waals surface area contributed by atoms with Gasteiger partial charge in [0.1, 0.15) is 5.82 Å². The molecule has 0 atom stereocenters. The Morgan fingerprint density at radius 2 is 2.03 bits per heavy atom. The van der Waals surface area contributed by atoms with Gasteiger partial charge in [-0.15, -0.1) is 0 Å². The number of amides is 2. The summed E-state index contributed by atoms with van der Waals surface area (Å²) >= 11 is 6.79. The number of H-pyrrole nitrogens is 1. The van der Waals surface area contributed by atoms with Crippen LogP contribution in [0.2, 0.25) is 5.02 Å². The first-order valence-corrected chi connectivity index (χ1v) is 9.17. The van der Waals surface area contributed by atoms with Gasteiger partial charge in [-0.25, -0.2) is 23.9 Å². The number of urea groups is 1. The van der Waals surface area contributed by atoms with Crippen molar-refractivity contribution in [1.82, 2.24) is 20.2 Å². The zero-order valence-electron chi connectivity index (χ0n) is 14.2. The number of carboxylic acids is 1. The molecule has 0 aliphatic heterocycles. The third-order valence-corrected chi connectivity index (χ3v) is 5.03. The number of anilines is 2. The Bertz CT molecular complexity index is 1260. The highest BCUT2D eigenvalue weighted by molar-refractivity contribution is 7.19. The first kappa shape index (κ1) is 18.8. The second kappa shape index (κ2) is 7.45. The van der Waals surface area contributed by atoms with E-state index in [1.165, 1.54) is 30.6 Å². The maximum atomic E-state index is 13.2. The second-order valence-corrected chi connectivity index (χ2v) is 7.17. The van der Waals surface area contributed by atoms with Gasteiger partial charge in [-0.3, -0.25) is 10.4 Å². The zero-order valence-corrected chi connectivity index (χ0v) is 15.8. The molecule has 0 aliphatic carbocycles. The lowest BCUT2D eigenvalue weighted by Gasteiger charge is -2.06. The van der Waals surface area contributed by atoms with Crippen molar-refractivity contribution >= 4 is 56.8 Å². The van der Waals surface area contributed by atoms with Crippen LogP contribution in [0.15, 0.2) is 36.7 Å². The SMILES string of the molecule is O=C(Nc1ccc(F)c(Cl)c1)Nc1ncc(-c2cc(C(=O)O)c3cn[nH]c3n2)s1. The second-order valence-electron chi connectivity index (χ2n) is 5.73. The van der Waals surface area contributed by atoms with Crippen molar-refractivity contribution in [2.45, 2.75) is 0 Å². The minimum atomic E-state index is -1.11. The number of benzene rings is 1. The number of halogens is 2.